The Hall–Kier alpha value is -3.46. The Labute approximate surface area is 172 Å². The van der Waals surface area contributed by atoms with Crippen LogP contribution in [0.3, 0.4) is 0 Å². The summed E-state index contributed by atoms with van der Waals surface area (Å²) in [4.78, 5) is 12.7. The second-order valence-electron chi connectivity index (χ2n) is 6.78. The summed E-state index contributed by atoms with van der Waals surface area (Å²) in [7, 11) is 3.14. The highest BCUT2D eigenvalue weighted by atomic mass is 19.1. The van der Waals surface area contributed by atoms with E-state index in [-0.39, 0.29) is 36.7 Å². The number of aromatic nitrogens is 3. The van der Waals surface area contributed by atoms with E-state index in [1.165, 1.54) is 12.1 Å². The van der Waals surface area contributed by atoms with Crippen LogP contribution < -0.4 is 14.8 Å². The molecule has 0 spiro atoms. The summed E-state index contributed by atoms with van der Waals surface area (Å²) >= 11 is 0. The zero-order valence-electron chi connectivity index (χ0n) is 16.6. The van der Waals surface area contributed by atoms with Gasteiger partial charge >= 0.3 is 0 Å². The number of methoxy groups -OCH3 is 2. The molecular formula is C21H21FN4O4. The number of ether oxygens (including phenoxy) is 3. The van der Waals surface area contributed by atoms with Gasteiger partial charge in [0.2, 0.25) is 0 Å². The van der Waals surface area contributed by atoms with Crippen LogP contribution in [0.25, 0.3) is 0 Å². The van der Waals surface area contributed by atoms with E-state index < -0.39 is 0 Å². The zero-order chi connectivity index (χ0) is 21.1. The van der Waals surface area contributed by atoms with Gasteiger partial charge in [-0.25, -0.2) is 9.07 Å². The Balaban J connectivity index is 1.45. The highest BCUT2D eigenvalue weighted by Crippen LogP contribution is 2.27. The van der Waals surface area contributed by atoms with Gasteiger partial charge in [-0.1, -0.05) is 17.3 Å². The number of hydrogen-bond donors (Lipinski definition) is 1. The molecule has 0 radical (unpaired) electrons. The standard InChI is InChI=1S/C21H21FN4O4/c1-28-16-7-8-18(29-2)14(9-16)10-23-21(27)20-17-12-30-19(11-26(17)25-24-20)13-3-5-15(22)6-4-13/h3-9,19H,10-12H2,1-2H3,(H,23,27)/t19-/m0/s1. The molecule has 1 N–H and O–H groups in total. The zero-order valence-corrected chi connectivity index (χ0v) is 16.6. The lowest BCUT2D eigenvalue weighted by molar-refractivity contribution is -0.00180. The summed E-state index contributed by atoms with van der Waals surface area (Å²) in [6, 6.07) is 11.5. The maximum absolute atomic E-state index is 13.1. The minimum absolute atomic E-state index is 0.181. The fourth-order valence-electron chi connectivity index (χ4n) is 3.35. The second-order valence-corrected chi connectivity index (χ2v) is 6.78. The van der Waals surface area contributed by atoms with E-state index in [1.54, 1.807) is 49.2 Å². The first-order chi connectivity index (χ1) is 14.6. The van der Waals surface area contributed by atoms with Crippen LogP contribution in [0.4, 0.5) is 4.39 Å². The fourth-order valence-corrected chi connectivity index (χ4v) is 3.35. The molecule has 0 aliphatic carbocycles. The van der Waals surface area contributed by atoms with E-state index in [2.05, 4.69) is 15.6 Å². The van der Waals surface area contributed by atoms with Crippen LogP contribution in [0.1, 0.15) is 33.4 Å². The van der Waals surface area contributed by atoms with Crippen LogP contribution in [0, 0.1) is 5.82 Å². The molecule has 0 unspecified atom stereocenters. The average molecular weight is 412 g/mol. The van der Waals surface area contributed by atoms with Crippen molar-refractivity contribution in [2.75, 3.05) is 14.2 Å². The third-order valence-corrected chi connectivity index (χ3v) is 4.98. The van der Waals surface area contributed by atoms with Gasteiger partial charge in [0.15, 0.2) is 5.69 Å². The Kier molecular flexibility index (Phi) is 5.62. The summed E-state index contributed by atoms with van der Waals surface area (Å²) in [6.07, 6.45) is -0.281. The van der Waals surface area contributed by atoms with Crippen molar-refractivity contribution in [3.05, 3.63) is 70.8 Å². The normalized spacial score (nSPS) is 15.4. The first kappa shape index (κ1) is 19.8. The summed E-state index contributed by atoms with van der Waals surface area (Å²) in [5.74, 6) is 0.653. The van der Waals surface area contributed by atoms with E-state index in [0.717, 1.165) is 11.1 Å². The minimum Gasteiger partial charge on any atom is -0.497 e. The van der Waals surface area contributed by atoms with Gasteiger partial charge in [0.25, 0.3) is 5.91 Å². The largest absolute Gasteiger partial charge is 0.497 e. The molecule has 156 valence electrons. The first-order valence-electron chi connectivity index (χ1n) is 9.37. The number of benzene rings is 2. The summed E-state index contributed by atoms with van der Waals surface area (Å²) < 4.78 is 31.2. The second kappa shape index (κ2) is 8.50. The van der Waals surface area contributed by atoms with Gasteiger partial charge < -0.3 is 19.5 Å². The molecule has 2 heterocycles. The Morgan fingerprint density at radius 3 is 2.77 bits per heavy atom. The molecule has 1 atom stereocenters. The average Bonchev–Trinajstić information content (AvgIpc) is 3.21. The molecule has 1 aliphatic heterocycles. The van der Waals surface area contributed by atoms with Crippen molar-refractivity contribution in [3.8, 4) is 11.5 Å². The lowest BCUT2D eigenvalue weighted by atomic mass is 10.1. The number of carbonyl (C=O) groups is 1. The number of rotatable bonds is 6. The van der Waals surface area contributed by atoms with E-state index in [4.69, 9.17) is 14.2 Å². The van der Waals surface area contributed by atoms with Crippen molar-refractivity contribution in [3.63, 3.8) is 0 Å². The molecule has 30 heavy (non-hydrogen) atoms. The highest BCUT2D eigenvalue weighted by molar-refractivity contribution is 5.93. The number of nitrogens with one attached hydrogen (secondary N) is 1. The molecule has 1 aromatic heterocycles. The molecule has 0 saturated heterocycles. The molecule has 2 aromatic carbocycles. The van der Waals surface area contributed by atoms with E-state index in [1.807, 2.05) is 0 Å². The SMILES string of the molecule is COc1ccc(OC)c(CNC(=O)c2nnn3c2CO[C@H](c2ccc(F)cc2)C3)c1. The van der Waals surface area contributed by atoms with E-state index in [9.17, 15) is 9.18 Å². The molecular weight excluding hydrogens is 391 g/mol. The topological polar surface area (TPSA) is 87.5 Å². The van der Waals surface area contributed by atoms with Gasteiger partial charge in [-0.15, -0.1) is 5.10 Å². The predicted molar refractivity (Wildman–Crippen MR) is 105 cm³/mol. The number of carbonyl (C=O) groups excluding carboxylic acids is 1. The minimum atomic E-state index is -0.357. The predicted octanol–water partition coefficient (Wildman–Crippen LogP) is 2.64. The Morgan fingerprint density at radius 2 is 2.03 bits per heavy atom. The summed E-state index contributed by atoms with van der Waals surface area (Å²) in [5.41, 5.74) is 2.44. The van der Waals surface area contributed by atoms with Crippen LogP contribution in [0.15, 0.2) is 42.5 Å². The number of hydrogen-bond acceptors (Lipinski definition) is 6. The molecule has 8 nitrogen and oxygen atoms in total. The molecule has 1 aliphatic rings. The van der Waals surface area contributed by atoms with Gasteiger partial charge in [0.1, 0.15) is 23.4 Å². The number of fused-ring (bicyclic) bond motifs is 1. The maximum Gasteiger partial charge on any atom is 0.274 e. The van der Waals surface area contributed by atoms with Crippen molar-refractivity contribution in [2.24, 2.45) is 0 Å². The van der Waals surface area contributed by atoms with Gasteiger partial charge in [-0.2, -0.15) is 0 Å². The van der Waals surface area contributed by atoms with Crippen LogP contribution in [-0.2, 0) is 24.4 Å². The lowest BCUT2D eigenvalue weighted by Crippen LogP contribution is -2.27. The number of nitrogens with zero attached hydrogens (tertiary/aromatic N) is 3. The molecule has 0 fully saturated rings. The number of amides is 1. The maximum atomic E-state index is 13.1. The van der Waals surface area contributed by atoms with Crippen LogP contribution >= 0.6 is 0 Å². The summed E-state index contributed by atoms with van der Waals surface area (Å²) in [6.45, 7) is 0.815. The van der Waals surface area contributed by atoms with Crippen molar-refractivity contribution >= 4 is 5.91 Å². The van der Waals surface area contributed by atoms with Gasteiger partial charge in [-0.3, -0.25) is 4.79 Å². The van der Waals surface area contributed by atoms with Gasteiger partial charge in [0, 0.05) is 12.1 Å². The van der Waals surface area contributed by atoms with Crippen LogP contribution in [0.2, 0.25) is 0 Å². The lowest BCUT2D eigenvalue weighted by Gasteiger charge is -2.24. The summed E-state index contributed by atoms with van der Waals surface area (Å²) in [5, 5.41) is 11.0. The van der Waals surface area contributed by atoms with E-state index in [0.29, 0.717) is 23.7 Å². The monoisotopic (exact) mass is 412 g/mol. The third-order valence-electron chi connectivity index (χ3n) is 4.98. The molecule has 1 amide bonds. The highest BCUT2D eigenvalue weighted by Gasteiger charge is 2.27. The van der Waals surface area contributed by atoms with Gasteiger partial charge in [0.05, 0.1) is 33.1 Å². The third kappa shape index (κ3) is 3.97. The fraction of sp³-hybridized carbons (Fsp3) is 0.286. The Morgan fingerprint density at radius 1 is 1.23 bits per heavy atom. The van der Waals surface area contributed by atoms with Crippen molar-refractivity contribution in [2.45, 2.75) is 25.8 Å². The molecule has 4 rings (SSSR count). The molecule has 0 saturated carbocycles. The number of halogens is 1. The Bertz CT molecular complexity index is 1050. The van der Waals surface area contributed by atoms with Crippen molar-refractivity contribution < 1.29 is 23.4 Å². The van der Waals surface area contributed by atoms with Crippen LogP contribution in [0.5, 0.6) is 11.5 Å². The van der Waals surface area contributed by atoms with E-state index >= 15 is 0 Å². The van der Waals surface area contributed by atoms with Gasteiger partial charge in [-0.05, 0) is 35.9 Å². The first-order valence-corrected chi connectivity index (χ1v) is 9.37. The smallest absolute Gasteiger partial charge is 0.274 e. The molecule has 9 heteroatoms. The quantitative estimate of drug-likeness (QED) is 0.670. The van der Waals surface area contributed by atoms with Crippen molar-refractivity contribution in [1.82, 2.24) is 20.3 Å². The van der Waals surface area contributed by atoms with Crippen molar-refractivity contribution in [1.29, 1.82) is 0 Å². The van der Waals surface area contributed by atoms with Crippen LogP contribution in [-0.4, -0.2) is 35.1 Å². The molecule has 3 aromatic rings. The molecule has 0 bridgehead atoms.